The summed E-state index contributed by atoms with van der Waals surface area (Å²) in [5.74, 6) is -1.04. The van der Waals surface area contributed by atoms with Crippen LogP contribution in [0, 0.1) is 12.7 Å². The summed E-state index contributed by atoms with van der Waals surface area (Å²) in [5, 5.41) is 2.36. The van der Waals surface area contributed by atoms with Crippen molar-refractivity contribution in [2.75, 3.05) is 18.5 Å². The monoisotopic (exact) mass is 472 g/mol. The van der Waals surface area contributed by atoms with Crippen LogP contribution in [-0.2, 0) is 10.3 Å². The minimum atomic E-state index is -3.09. The van der Waals surface area contributed by atoms with Gasteiger partial charge in [-0.3, -0.25) is 10.3 Å². The van der Waals surface area contributed by atoms with Gasteiger partial charge in [-0.05, 0) is 47.1 Å². The van der Waals surface area contributed by atoms with Gasteiger partial charge in [-0.2, -0.15) is 0 Å². The minimum Gasteiger partial charge on any atom is -0.391 e. The van der Waals surface area contributed by atoms with Crippen molar-refractivity contribution >= 4 is 33.5 Å². The number of halogens is 4. The van der Waals surface area contributed by atoms with Crippen LogP contribution >= 0.6 is 15.9 Å². The molecule has 0 radical (unpaired) electrons. The number of hydrogen-bond donors (Lipinski definition) is 2. The predicted octanol–water partition coefficient (Wildman–Crippen LogP) is 3.75. The van der Waals surface area contributed by atoms with E-state index in [-0.39, 0.29) is 24.0 Å². The Morgan fingerprint density at radius 3 is 2.83 bits per heavy atom. The molecular weight excluding hydrogens is 457 g/mol. The second kappa shape index (κ2) is 8.37. The van der Waals surface area contributed by atoms with E-state index in [0.29, 0.717) is 10.0 Å². The largest absolute Gasteiger partial charge is 0.418 e. The van der Waals surface area contributed by atoms with Crippen LogP contribution in [0.4, 0.5) is 23.7 Å². The molecule has 0 unspecified atom stereocenters. The van der Waals surface area contributed by atoms with Gasteiger partial charge in [0.05, 0.1) is 6.61 Å². The first-order valence-corrected chi connectivity index (χ1v) is 9.11. The fourth-order valence-electron chi connectivity index (χ4n) is 2.80. The fraction of sp³-hybridized carbons (Fsp3) is 0.278. The number of alkyl halides is 2. The molecule has 1 aromatic carbocycles. The number of ether oxygens (including phenoxy) is 2. The molecule has 1 atom stereocenters. The van der Waals surface area contributed by atoms with E-state index >= 15 is 0 Å². The topological polar surface area (TPSA) is 98.8 Å². The first-order chi connectivity index (χ1) is 13.7. The van der Waals surface area contributed by atoms with Crippen LogP contribution in [0.2, 0.25) is 0 Å². The minimum absolute atomic E-state index is 0.0283. The second-order valence-electron chi connectivity index (χ2n) is 6.31. The Morgan fingerprint density at radius 1 is 1.41 bits per heavy atom. The third kappa shape index (κ3) is 4.51. The Labute approximate surface area is 172 Å². The third-order valence-electron chi connectivity index (χ3n) is 4.14. The number of amidine groups is 1. The van der Waals surface area contributed by atoms with Crippen molar-refractivity contribution in [2.24, 2.45) is 10.7 Å². The van der Waals surface area contributed by atoms with Crippen molar-refractivity contribution in [1.29, 1.82) is 0 Å². The molecule has 11 heteroatoms. The van der Waals surface area contributed by atoms with E-state index in [1.165, 1.54) is 12.3 Å². The summed E-state index contributed by atoms with van der Waals surface area (Å²) < 4.78 is 53.0. The number of carbonyl (C=O) groups is 1. The maximum Gasteiger partial charge on any atom is 0.418 e. The zero-order chi connectivity index (χ0) is 21.2. The SMILES string of the molecule is Cc1cc(Br)cnc1OC(=O)Nc1ccc(F)c([C@]2(C(F)F)COCC(N)=N2)c1. The number of carbonyl (C=O) groups excluding carboxylic acids is 1. The van der Waals surface area contributed by atoms with Gasteiger partial charge in [0.15, 0.2) is 5.54 Å². The molecule has 7 nitrogen and oxygen atoms in total. The van der Waals surface area contributed by atoms with Crippen LogP contribution in [0.25, 0.3) is 0 Å². The molecule has 2 aromatic rings. The van der Waals surface area contributed by atoms with Crippen molar-refractivity contribution in [2.45, 2.75) is 18.9 Å². The van der Waals surface area contributed by atoms with Crippen LogP contribution in [-0.4, -0.2) is 36.6 Å². The number of rotatable bonds is 4. The molecule has 0 saturated heterocycles. The molecule has 0 fully saturated rings. The lowest BCUT2D eigenvalue weighted by Crippen LogP contribution is -2.45. The average molecular weight is 473 g/mol. The molecule has 1 amide bonds. The number of aliphatic imine (C=N–C) groups is 1. The summed E-state index contributed by atoms with van der Waals surface area (Å²) in [5.41, 5.74) is 3.39. The standard InChI is InChI=1S/C18H16BrF3N4O3/c1-9-4-10(19)6-24-15(9)29-17(27)25-11-2-3-13(20)12(5-11)18(16(21)22)8-28-7-14(23)26-18/h2-6,16H,7-8H2,1H3,(H2,23,26)(H,25,27)/t18-/m0/s1. The Kier molecular flexibility index (Phi) is 6.08. The highest BCUT2D eigenvalue weighted by Crippen LogP contribution is 2.38. The number of nitrogens with zero attached hydrogens (tertiary/aromatic N) is 2. The summed E-state index contributed by atoms with van der Waals surface area (Å²) in [6, 6.07) is 4.90. The lowest BCUT2D eigenvalue weighted by molar-refractivity contribution is -0.0145. The number of nitrogens with two attached hydrogens (primary N) is 1. The van der Waals surface area contributed by atoms with Gasteiger partial charge in [-0.15, -0.1) is 0 Å². The van der Waals surface area contributed by atoms with Crippen molar-refractivity contribution < 1.29 is 27.4 Å². The highest BCUT2D eigenvalue weighted by Gasteiger charge is 2.46. The number of anilines is 1. The lowest BCUT2D eigenvalue weighted by Gasteiger charge is -2.33. The normalized spacial score (nSPS) is 19.0. The first kappa shape index (κ1) is 21.1. The predicted molar refractivity (Wildman–Crippen MR) is 103 cm³/mol. The second-order valence-corrected chi connectivity index (χ2v) is 7.22. The molecule has 0 aliphatic carbocycles. The first-order valence-electron chi connectivity index (χ1n) is 8.32. The number of benzene rings is 1. The highest BCUT2D eigenvalue weighted by molar-refractivity contribution is 9.10. The van der Waals surface area contributed by atoms with Crippen LogP contribution in [0.3, 0.4) is 0 Å². The quantitative estimate of drug-likeness (QED) is 0.705. The molecule has 0 bridgehead atoms. The van der Waals surface area contributed by atoms with Gasteiger partial charge >= 0.3 is 6.09 Å². The van der Waals surface area contributed by atoms with Gasteiger partial charge in [0, 0.05) is 27.5 Å². The van der Waals surface area contributed by atoms with Crippen LogP contribution in [0.5, 0.6) is 5.88 Å². The molecule has 154 valence electrons. The molecule has 0 saturated carbocycles. The number of aromatic nitrogens is 1. The van der Waals surface area contributed by atoms with E-state index < -0.39 is 36.0 Å². The summed E-state index contributed by atoms with van der Waals surface area (Å²) in [6.45, 7) is 1.01. The van der Waals surface area contributed by atoms with E-state index in [1.54, 1.807) is 13.0 Å². The van der Waals surface area contributed by atoms with E-state index in [4.69, 9.17) is 15.2 Å². The number of nitrogens with one attached hydrogen (secondary N) is 1. The Balaban J connectivity index is 1.87. The molecule has 29 heavy (non-hydrogen) atoms. The zero-order valence-electron chi connectivity index (χ0n) is 15.1. The Bertz CT molecular complexity index is 973. The van der Waals surface area contributed by atoms with Crippen molar-refractivity contribution in [3.05, 3.63) is 51.9 Å². The Morgan fingerprint density at radius 2 is 2.17 bits per heavy atom. The molecule has 3 N–H and O–H groups in total. The van der Waals surface area contributed by atoms with Gasteiger partial charge in [-0.1, -0.05) is 0 Å². The molecule has 1 aliphatic rings. The lowest BCUT2D eigenvalue weighted by atomic mass is 9.90. The zero-order valence-corrected chi connectivity index (χ0v) is 16.7. The number of hydrogen-bond acceptors (Lipinski definition) is 6. The van der Waals surface area contributed by atoms with Crippen LogP contribution in [0.15, 0.2) is 39.9 Å². The van der Waals surface area contributed by atoms with Gasteiger partial charge in [-0.25, -0.2) is 22.9 Å². The van der Waals surface area contributed by atoms with Crippen molar-refractivity contribution in [3.8, 4) is 5.88 Å². The smallest absolute Gasteiger partial charge is 0.391 e. The Hall–Kier alpha value is -2.66. The van der Waals surface area contributed by atoms with E-state index in [1.807, 2.05) is 0 Å². The number of amides is 1. The van der Waals surface area contributed by atoms with Gasteiger partial charge < -0.3 is 15.2 Å². The van der Waals surface area contributed by atoms with E-state index in [9.17, 15) is 18.0 Å². The maximum absolute atomic E-state index is 14.4. The molecular formula is C18H16BrF3N4O3. The highest BCUT2D eigenvalue weighted by atomic mass is 79.9. The molecule has 0 spiro atoms. The number of aryl methyl sites for hydroxylation is 1. The fourth-order valence-corrected chi connectivity index (χ4v) is 3.25. The van der Waals surface area contributed by atoms with E-state index in [0.717, 1.165) is 12.1 Å². The van der Waals surface area contributed by atoms with Crippen LogP contribution < -0.4 is 15.8 Å². The molecule has 2 heterocycles. The van der Waals surface area contributed by atoms with Crippen molar-refractivity contribution in [1.82, 2.24) is 4.98 Å². The summed E-state index contributed by atoms with van der Waals surface area (Å²) in [4.78, 5) is 19.9. The molecule has 1 aliphatic heterocycles. The third-order valence-corrected chi connectivity index (χ3v) is 4.58. The molecule has 3 rings (SSSR count). The van der Waals surface area contributed by atoms with Crippen molar-refractivity contribution in [3.63, 3.8) is 0 Å². The average Bonchev–Trinajstić information content (AvgIpc) is 2.65. The summed E-state index contributed by atoms with van der Waals surface area (Å²) in [6.07, 6.45) is -2.56. The van der Waals surface area contributed by atoms with Gasteiger partial charge in [0.1, 0.15) is 18.3 Å². The number of pyridine rings is 1. The van der Waals surface area contributed by atoms with Gasteiger partial charge in [0.25, 0.3) is 6.43 Å². The van der Waals surface area contributed by atoms with Crippen LogP contribution in [0.1, 0.15) is 11.1 Å². The molecule has 1 aromatic heterocycles. The maximum atomic E-state index is 14.4. The van der Waals surface area contributed by atoms with Gasteiger partial charge in [0.2, 0.25) is 5.88 Å². The summed E-state index contributed by atoms with van der Waals surface area (Å²) >= 11 is 3.24. The summed E-state index contributed by atoms with van der Waals surface area (Å²) in [7, 11) is 0. The van der Waals surface area contributed by atoms with E-state index in [2.05, 4.69) is 31.2 Å².